The lowest BCUT2D eigenvalue weighted by atomic mass is 9.93. The van der Waals surface area contributed by atoms with E-state index in [2.05, 4.69) is 19.8 Å². The summed E-state index contributed by atoms with van der Waals surface area (Å²) in [5.74, 6) is -0.441. The lowest BCUT2D eigenvalue weighted by Crippen LogP contribution is -2.49. The van der Waals surface area contributed by atoms with Crippen molar-refractivity contribution in [3.63, 3.8) is 0 Å². The summed E-state index contributed by atoms with van der Waals surface area (Å²) in [6, 6.07) is 7.38. The SMILES string of the molecule is O=C1c2cccc3c2c(cc2nnsc23)C(=O)N1CCN1CCNCC1. The number of imide groups is 1. The predicted molar refractivity (Wildman–Crippen MR) is 99.6 cm³/mol. The lowest BCUT2D eigenvalue weighted by molar-refractivity contribution is 0.0590. The summed E-state index contributed by atoms with van der Waals surface area (Å²) in [5.41, 5.74) is 1.85. The van der Waals surface area contributed by atoms with Crippen molar-refractivity contribution in [2.24, 2.45) is 0 Å². The highest BCUT2D eigenvalue weighted by molar-refractivity contribution is 7.14. The van der Waals surface area contributed by atoms with Crippen LogP contribution in [0.5, 0.6) is 0 Å². The fraction of sp³-hybridized carbons (Fsp3) is 0.333. The minimum Gasteiger partial charge on any atom is -0.314 e. The molecule has 0 atom stereocenters. The van der Waals surface area contributed by atoms with E-state index in [1.54, 1.807) is 12.1 Å². The van der Waals surface area contributed by atoms with E-state index in [4.69, 9.17) is 0 Å². The number of aromatic nitrogens is 2. The van der Waals surface area contributed by atoms with Gasteiger partial charge in [-0.1, -0.05) is 16.6 Å². The normalized spacial score (nSPS) is 18.2. The van der Waals surface area contributed by atoms with Gasteiger partial charge in [-0.25, -0.2) is 0 Å². The van der Waals surface area contributed by atoms with Gasteiger partial charge in [-0.15, -0.1) is 5.10 Å². The summed E-state index contributed by atoms with van der Waals surface area (Å²) in [5, 5.41) is 9.06. The summed E-state index contributed by atoms with van der Waals surface area (Å²) in [4.78, 5) is 29.7. The summed E-state index contributed by atoms with van der Waals surface area (Å²) in [6.07, 6.45) is 0. The van der Waals surface area contributed by atoms with Crippen molar-refractivity contribution in [2.75, 3.05) is 39.3 Å². The molecule has 0 radical (unpaired) electrons. The standard InChI is InChI=1S/C18H17N5O2S/c24-17-12-3-1-2-11-15(12)13(10-14-16(11)26-21-20-14)18(25)23(17)9-8-22-6-4-19-5-7-22/h1-3,10,19H,4-9H2. The molecule has 3 aromatic rings. The Bertz CT molecular complexity index is 1040. The Hall–Kier alpha value is -2.42. The number of carbonyl (C=O) groups excluding carboxylic acids is 2. The molecule has 0 spiro atoms. The third-order valence-corrected chi connectivity index (χ3v) is 5.95. The highest BCUT2D eigenvalue weighted by atomic mass is 32.1. The molecule has 0 aliphatic carbocycles. The molecule has 2 aliphatic rings. The molecular weight excluding hydrogens is 350 g/mol. The van der Waals surface area contributed by atoms with Gasteiger partial charge in [-0.3, -0.25) is 19.4 Å². The van der Waals surface area contributed by atoms with E-state index in [1.165, 1.54) is 16.4 Å². The van der Waals surface area contributed by atoms with Gasteiger partial charge in [0.25, 0.3) is 11.8 Å². The zero-order valence-corrected chi connectivity index (χ0v) is 14.9. The number of fused-ring (bicyclic) bond motifs is 2. The van der Waals surface area contributed by atoms with E-state index in [9.17, 15) is 9.59 Å². The van der Waals surface area contributed by atoms with Gasteiger partial charge in [0.2, 0.25) is 0 Å². The maximum absolute atomic E-state index is 13.1. The first-order valence-corrected chi connectivity index (χ1v) is 9.48. The summed E-state index contributed by atoms with van der Waals surface area (Å²) >= 11 is 1.29. The van der Waals surface area contributed by atoms with Gasteiger partial charge in [0.15, 0.2) is 0 Å². The van der Waals surface area contributed by atoms with Crippen LogP contribution in [0.4, 0.5) is 0 Å². The number of amides is 2. The van der Waals surface area contributed by atoms with Crippen LogP contribution in [0.1, 0.15) is 20.7 Å². The van der Waals surface area contributed by atoms with Gasteiger partial charge >= 0.3 is 0 Å². The van der Waals surface area contributed by atoms with Gasteiger partial charge in [-0.2, -0.15) is 0 Å². The Kier molecular flexibility index (Phi) is 3.70. The maximum atomic E-state index is 13.1. The number of nitrogens with zero attached hydrogens (tertiary/aromatic N) is 4. The zero-order valence-electron chi connectivity index (χ0n) is 14.1. The van der Waals surface area contributed by atoms with Crippen LogP contribution in [0.25, 0.3) is 21.0 Å². The highest BCUT2D eigenvalue weighted by Crippen LogP contribution is 2.35. The minimum atomic E-state index is -0.233. The molecular formula is C18H17N5O2S. The largest absolute Gasteiger partial charge is 0.314 e. The molecule has 1 aromatic heterocycles. The third kappa shape index (κ3) is 2.33. The maximum Gasteiger partial charge on any atom is 0.261 e. The number of benzene rings is 2. The Morgan fingerprint density at radius 2 is 1.88 bits per heavy atom. The molecule has 0 bridgehead atoms. The van der Waals surface area contributed by atoms with E-state index in [0.717, 1.165) is 41.7 Å². The monoisotopic (exact) mass is 367 g/mol. The number of hydrogen-bond acceptors (Lipinski definition) is 7. The second-order valence-electron chi connectivity index (χ2n) is 6.63. The summed E-state index contributed by atoms with van der Waals surface area (Å²) < 4.78 is 4.92. The van der Waals surface area contributed by atoms with Crippen LogP contribution in [0.2, 0.25) is 0 Å². The molecule has 1 saturated heterocycles. The van der Waals surface area contributed by atoms with Crippen molar-refractivity contribution in [1.82, 2.24) is 24.7 Å². The average molecular weight is 367 g/mol. The van der Waals surface area contributed by atoms with Gasteiger partial charge in [0, 0.05) is 55.6 Å². The van der Waals surface area contributed by atoms with Crippen LogP contribution < -0.4 is 5.32 Å². The van der Waals surface area contributed by atoms with Crippen LogP contribution in [0.15, 0.2) is 24.3 Å². The van der Waals surface area contributed by atoms with Crippen LogP contribution >= 0.6 is 11.5 Å². The van der Waals surface area contributed by atoms with Crippen LogP contribution in [0.3, 0.4) is 0 Å². The lowest BCUT2D eigenvalue weighted by Gasteiger charge is -2.31. The first-order chi connectivity index (χ1) is 12.7. The zero-order chi connectivity index (χ0) is 17.7. The molecule has 5 rings (SSSR count). The van der Waals surface area contributed by atoms with E-state index >= 15 is 0 Å². The van der Waals surface area contributed by atoms with Crippen LogP contribution in [-0.2, 0) is 0 Å². The Balaban J connectivity index is 1.56. The molecule has 2 amide bonds. The van der Waals surface area contributed by atoms with Gasteiger partial charge in [0.1, 0.15) is 5.52 Å². The molecule has 1 N–H and O–H groups in total. The number of piperazine rings is 1. The quantitative estimate of drug-likeness (QED) is 0.704. The predicted octanol–water partition coefficient (Wildman–Crippen LogP) is 1.35. The second-order valence-corrected chi connectivity index (χ2v) is 7.38. The minimum absolute atomic E-state index is 0.208. The molecule has 8 heteroatoms. The van der Waals surface area contributed by atoms with E-state index in [1.807, 2.05) is 12.1 Å². The first-order valence-electron chi connectivity index (χ1n) is 8.71. The van der Waals surface area contributed by atoms with Crippen molar-refractivity contribution in [3.8, 4) is 0 Å². The smallest absolute Gasteiger partial charge is 0.261 e. The van der Waals surface area contributed by atoms with E-state index in [0.29, 0.717) is 29.7 Å². The Labute approximate surface area is 153 Å². The van der Waals surface area contributed by atoms with Crippen molar-refractivity contribution in [1.29, 1.82) is 0 Å². The average Bonchev–Trinajstić information content (AvgIpc) is 3.15. The number of rotatable bonds is 3. The number of nitrogens with one attached hydrogen (secondary N) is 1. The molecule has 1 fully saturated rings. The van der Waals surface area contributed by atoms with Crippen LogP contribution in [-0.4, -0.2) is 70.5 Å². The van der Waals surface area contributed by atoms with Gasteiger partial charge in [-0.05, 0) is 23.7 Å². The first kappa shape index (κ1) is 15.8. The summed E-state index contributed by atoms with van der Waals surface area (Å²) in [7, 11) is 0. The Morgan fingerprint density at radius 1 is 1.08 bits per heavy atom. The molecule has 0 saturated carbocycles. The Morgan fingerprint density at radius 3 is 2.73 bits per heavy atom. The van der Waals surface area contributed by atoms with Crippen molar-refractivity contribution >= 4 is 44.3 Å². The molecule has 3 heterocycles. The molecule has 26 heavy (non-hydrogen) atoms. The highest BCUT2D eigenvalue weighted by Gasteiger charge is 2.34. The molecule has 0 unspecified atom stereocenters. The third-order valence-electron chi connectivity index (χ3n) is 5.17. The molecule has 2 aromatic carbocycles. The summed E-state index contributed by atoms with van der Waals surface area (Å²) in [6.45, 7) is 4.87. The van der Waals surface area contributed by atoms with Gasteiger partial charge in [0.05, 0.1) is 10.3 Å². The number of carbonyl (C=O) groups is 2. The second kappa shape index (κ2) is 6.08. The topological polar surface area (TPSA) is 78.4 Å². The molecule has 132 valence electrons. The number of hydrogen-bond donors (Lipinski definition) is 1. The van der Waals surface area contributed by atoms with E-state index in [-0.39, 0.29) is 11.8 Å². The van der Waals surface area contributed by atoms with Gasteiger partial charge < -0.3 is 5.32 Å². The van der Waals surface area contributed by atoms with Crippen molar-refractivity contribution < 1.29 is 9.59 Å². The van der Waals surface area contributed by atoms with Crippen molar-refractivity contribution in [3.05, 3.63) is 35.4 Å². The van der Waals surface area contributed by atoms with Crippen molar-refractivity contribution in [2.45, 2.75) is 0 Å². The van der Waals surface area contributed by atoms with E-state index < -0.39 is 0 Å². The molecule has 7 nitrogen and oxygen atoms in total. The fourth-order valence-electron chi connectivity index (χ4n) is 3.83. The fourth-order valence-corrected chi connectivity index (χ4v) is 4.50. The van der Waals surface area contributed by atoms with Crippen LogP contribution in [0, 0.1) is 0 Å². The molecule has 2 aliphatic heterocycles.